The Morgan fingerprint density at radius 2 is 2.16 bits per heavy atom. The van der Waals surface area contributed by atoms with E-state index < -0.39 is 24.5 Å². The second-order valence-corrected chi connectivity index (χ2v) is 5.32. The third-order valence-electron chi connectivity index (χ3n) is 3.03. The zero-order valence-corrected chi connectivity index (χ0v) is 14.2. The number of amides is 3. The highest BCUT2D eigenvalue weighted by Gasteiger charge is 2.10. The van der Waals surface area contributed by atoms with Crippen LogP contribution < -0.4 is 10.6 Å². The number of imide groups is 1. The van der Waals surface area contributed by atoms with E-state index >= 15 is 0 Å². The lowest BCUT2D eigenvalue weighted by Crippen LogP contribution is -2.41. The van der Waals surface area contributed by atoms with Gasteiger partial charge in [0.1, 0.15) is 5.65 Å². The van der Waals surface area contributed by atoms with Gasteiger partial charge in [-0.05, 0) is 24.6 Å². The number of pyridine rings is 1. The van der Waals surface area contributed by atoms with Crippen LogP contribution >= 0.6 is 11.6 Å². The maximum Gasteiger partial charge on any atom is 0.331 e. The lowest BCUT2D eigenvalue weighted by molar-refractivity contribution is -0.143. The van der Waals surface area contributed by atoms with Crippen LogP contribution in [0, 0.1) is 0 Å². The van der Waals surface area contributed by atoms with Gasteiger partial charge in [-0.1, -0.05) is 24.6 Å². The predicted octanol–water partition coefficient (Wildman–Crippen LogP) is 1.78. The molecule has 8 nitrogen and oxygen atoms in total. The molecule has 2 rings (SSSR count). The largest absolute Gasteiger partial charge is 0.452 e. The number of nitrogens with zero attached hydrogens (tertiary/aromatic N) is 2. The van der Waals surface area contributed by atoms with Gasteiger partial charge in [0.25, 0.3) is 5.91 Å². The Balaban J connectivity index is 1.87. The average Bonchev–Trinajstić information content (AvgIpc) is 2.91. The third-order valence-corrected chi connectivity index (χ3v) is 3.31. The van der Waals surface area contributed by atoms with E-state index in [9.17, 15) is 14.4 Å². The lowest BCUT2D eigenvalue weighted by Gasteiger charge is -2.05. The Labute approximate surface area is 148 Å². The molecule has 0 atom stereocenters. The molecule has 0 spiro atoms. The second kappa shape index (κ2) is 8.84. The van der Waals surface area contributed by atoms with Gasteiger partial charge < -0.3 is 10.1 Å². The van der Waals surface area contributed by atoms with Crippen molar-refractivity contribution >= 4 is 41.2 Å². The van der Waals surface area contributed by atoms with Crippen LogP contribution in [0.2, 0.25) is 5.15 Å². The summed E-state index contributed by atoms with van der Waals surface area (Å²) in [7, 11) is 0. The summed E-state index contributed by atoms with van der Waals surface area (Å²) in [6.45, 7) is 1.76. The van der Waals surface area contributed by atoms with Gasteiger partial charge in [0.05, 0.1) is 5.69 Å². The minimum Gasteiger partial charge on any atom is -0.452 e. The van der Waals surface area contributed by atoms with E-state index in [-0.39, 0.29) is 5.15 Å². The maximum absolute atomic E-state index is 11.7. The Morgan fingerprint density at radius 3 is 2.92 bits per heavy atom. The third kappa shape index (κ3) is 5.32. The van der Waals surface area contributed by atoms with Crippen molar-refractivity contribution in [1.29, 1.82) is 0 Å². The van der Waals surface area contributed by atoms with Crippen LogP contribution in [0.3, 0.4) is 0 Å². The fraction of sp³-hybridized carbons (Fsp3) is 0.250. The quantitative estimate of drug-likeness (QED) is 0.601. The molecule has 0 aliphatic rings. The van der Waals surface area contributed by atoms with Crippen LogP contribution in [0.25, 0.3) is 11.7 Å². The molecule has 0 radical (unpaired) electrons. The van der Waals surface area contributed by atoms with Crippen molar-refractivity contribution in [3.05, 3.63) is 41.3 Å². The molecule has 0 aromatic carbocycles. The smallest absolute Gasteiger partial charge is 0.331 e. The van der Waals surface area contributed by atoms with Crippen LogP contribution in [0.4, 0.5) is 4.79 Å². The molecule has 132 valence electrons. The van der Waals surface area contributed by atoms with Crippen molar-refractivity contribution in [2.45, 2.75) is 13.3 Å². The van der Waals surface area contributed by atoms with Crippen molar-refractivity contribution < 1.29 is 19.1 Å². The number of halogens is 1. The van der Waals surface area contributed by atoms with E-state index in [4.69, 9.17) is 16.3 Å². The molecule has 0 bridgehead atoms. The molecule has 9 heteroatoms. The monoisotopic (exact) mass is 364 g/mol. The maximum atomic E-state index is 11.7. The van der Waals surface area contributed by atoms with E-state index in [1.165, 1.54) is 6.08 Å². The Kier molecular flexibility index (Phi) is 6.53. The van der Waals surface area contributed by atoms with Crippen molar-refractivity contribution in [2.75, 3.05) is 13.2 Å². The number of fused-ring (bicyclic) bond motifs is 1. The molecule has 0 aliphatic heterocycles. The SMILES string of the molecule is CCCNC(=O)NC(=O)COC(=O)/C=C/c1c(Cl)nc2ccccn12. The normalized spacial score (nSPS) is 10.8. The summed E-state index contributed by atoms with van der Waals surface area (Å²) in [5, 5.41) is 4.75. The highest BCUT2D eigenvalue weighted by Crippen LogP contribution is 2.18. The number of rotatable bonds is 6. The molecule has 2 aromatic rings. The zero-order valence-electron chi connectivity index (χ0n) is 13.5. The first-order valence-electron chi connectivity index (χ1n) is 7.56. The van der Waals surface area contributed by atoms with Crippen LogP contribution in [0.1, 0.15) is 19.0 Å². The Bertz CT molecular complexity index is 816. The van der Waals surface area contributed by atoms with Crippen molar-refractivity contribution in [3.63, 3.8) is 0 Å². The molecule has 2 N–H and O–H groups in total. The van der Waals surface area contributed by atoms with Gasteiger partial charge in [0, 0.05) is 18.8 Å². The van der Waals surface area contributed by atoms with Gasteiger partial charge in [0.2, 0.25) is 0 Å². The number of carbonyl (C=O) groups excluding carboxylic acids is 3. The number of esters is 1. The first-order chi connectivity index (χ1) is 12.0. The number of imidazole rings is 1. The predicted molar refractivity (Wildman–Crippen MR) is 92.0 cm³/mol. The Hall–Kier alpha value is -2.87. The fourth-order valence-corrected chi connectivity index (χ4v) is 2.15. The first-order valence-corrected chi connectivity index (χ1v) is 7.94. The molecule has 0 unspecified atom stereocenters. The zero-order chi connectivity index (χ0) is 18.2. The van der Waals surface area contributed by atoms with Gasteiger partial charge in [-0.15, -0.1) is 0 Å². The van der Waals surface area contributed by atoms with Gasteiger partial charge in [-0.3, -0.25) is 14.5 Å². The summed E-state index contributed by atoms with van der Waals surface area (Å²) in [5.74, 6) is -1.46. The summed E-state index contributed by atoms with van der Waals surface area (Å²) < 4.78 is 6.47. The topological polar surface area (TPSA) is 102 Å². The highest BCUT2D eigenvalue weighted by atomic mass is 35.5. The number of hydrogen-bond acceptors (Lipinski definition) is 5. The van der Waals surface area contributed by atoms with Crippen LogP contribution in [0.15, 0.2) is 30.5 Å². The van der Waals surface area contributed by atoms with E-state index in [0.717, 1.165) is 12.5 Å². The van der Waals surface area contributed by atoms with E-state index in [1.54, 1.807) is 22.7 Å². The number of carbonyl (C=O) groups is 3. The molecule has 3 amide bonds. The fourth-order valence-electron chi connectivity index (χ4n) is 1.91. The molecule has 2 heterocycles. The number of ether oxygens (including phenoxy) is 1. The van der Waals surface area contributed by atoms with Crippen molar-refractivity contribution in [1.82, 2.24) is 20.0 Å². The van der Waals surface area contributed by atoms with Crippen LogP contribution in [-0.2, 0) is 14.3 Å². The van der Waals surface area contributed by atoms with Gasteiger partial charge in [0.15, 0.2) is 11.8 Å². The molecule has 0 saturated carbocycles. The van der Waals surface area contributed by atoms with Gasteiger partial charge in [-0.2, -0.15) is 0 Å². The number of nitrogens with one attached hydrogen (secondary N) is 2. The Morgan fingerprint density at radius 1 is 1.36 bits per heavy atom. The second-order valence-electron chi connectivity index (χ2n) is 4.96. The molecule has 25 heavy (non-hydrogen) atoms. The molecule has 0 saturated heterocycles. The number of aromatic nitrogens is 2. The first kappa shape index (κ1) is 18.5. The average molecular weight is 365 g/mol. The molecule has 2 aromatic heterocycles. The summed E-state index contributed by atoms with van der Waals surface area (Å²) >= 11 is 6.03. The summed E-state index contributed by atoms with van der Waals surface area (Å²) in [5.41, 5.74) is 1.15. The van der Waals surface area contributed by atoms with Crippen LogP contribution in [0.5, 0.6) is 0 Å². The lowest BCUT2D eigenvalue weighted by atomic mass is 10.4. The summed E-state index contributed by atoms with van der Waals surface area (Å²) in [6, 6.07) is 4.76. The van der Waals surface area contributed by atoms with Crippen molar-refractivity contribution in [2.24, 2.45) is 0 Å². The van der Waals surface area contributed by atoms with E-state index in [0.29, 0.717) is 17.9 Å². The standard InChI is InChI=1S/C16H17ClN4O4/c1-2-8-18-16(24)20-13(22)10-25-14(23)7-6-11-15(17)19-12-5-3-4-9-21(11)12/h3-7,9H,2,8,10H2,1H3,(H2,18,20,22,24)/b7-6+. The van der Waals surface area contributed by atoms with Gasteiger partial charge in [-0.25, -0.2) is 14.6 Å². The number of urea groups is 1. The van der Waals surface area contributed by atoms with Gasteiger partial charge >= 0.3 is 12.0 Å². The minimum absolute atomic E-state index is 0.237. The minimum atomic E-state index is -0.744. The summed E-state index contributed by atoms with van der Waals surface area (Å²) in [4.78, 5) is 38.6. The molecular formula is C16H17ClN4O4. The highest BCUT2D eigenvalue weighted by molar-refractivity contribution is 6.31. The van der Waals surface area contributed by atoms with Crippen molar-refractivity contribution in [3.8, 4) is 0 Å². The molecule has 0 aliphatic carbocycles. The molecule has 0 fully saturated rings. The summed E-state index contributed by atoms with van der Waals surface area (Å²) in [6.07, 6.45) is 5.07. The number of hydrogen-bond donors (Lipinski definition) is 2. The molecular weight excluding hydrogens is 348 g/mol. The van der Waals surface area contributed by atoms with Crippen LogP contribution in [-0.4, -0.2) is 40.4 Å². The van der Waals surface area contributed by atoms with E-state index in [1.807, 2.05) is 18.3 Å². The van der Waals surface area contributed by atoms with E-state index in [2.05, 4.69) is 10.3 Å².